The van der Waals surface area contributed by atoms with E-state index < -0.39 is 0 Å². The van der Waals surface area contributed by atoms with Crippen molar-refractivity contribution in [2.75, 3.05) is 6.61 Å². The topological polar surface area (TPSA) is 68.1 Å². The summed E-state index contributed by atoms with van der Waals surface area (Å²) in [5.41, 5.74) is 6.70. The number of hydrogen-bond donors (Lipinski definition) is 1. The molecule has 0 aliphatic carbocycles. The van der Waals surface area contributed by atoms with Crippen molar-refractivity contribution in [1.82, 2.24) is 15.0 Å². The molecule has 5 aromatic carbocycles. The van der Waals surface area contributed by atoms with Gasteiger partial charge in [0.1, 0.15) is 18.1 Å². The van der Waals surface area contributed by atoms with Crippen LogP contribution in [0, 0.1) is 0 Å². The minimum atomic E-state index is 0.0370. The number of ether oxygens (including phenoxy) is 1. The highest BCUT2D eigenvalue weighted by molar-refractivity contribution is 5.73. The van der Waals surface area contributed by atoms with E-state index in [9.17, 15) is 5.11 Å². The monoisotopic (exact) mass is 547 g/mol. The Balaban J connectivity index is 1.40. The molecule has 5 nitrogen and oxygen atoms in total. The van der Waals surface area contributed by atoms with Gasteiger partial charge in [-0.15, -0.1) is 0 Å². The minimum Gasteiger partial charge on any atom is -0.507 e. The molecular formula is C37H29N3O2. The second-order valence-corrected chi connectivity index (χ2v) is 9.75. The van der Waals surface area contributed by atoms with Crippen molar-refractivity contribution in [3.8, 4) is 67.9 Å². The fourth-order valence-electron chi connectivity index (χ4n) is 4.67. The molecule has 6 aromatic rings. The Kier molecular flexibility index (Phi) is 7.82. The third-order valence-corrected chi connectivity index (χ3v) is 6.93. The average Bonchev–Trinajstić information content (AvgIpc) is 3.06. The first-order chi connectivity index (χ1) is 20.7. The summed E-state index contributed by atoms with van der Waals surface area (Å²) in [4.78, 5) is 14.5. The molecule has 5 heteroatoms. The van der Waals surface area contributed by atoms with Crippen LogP contribution in [0.25, 0.3) is 56.4 Å². The van der Waals surface area contributed by atoms with Gasteiger partial charge in [-0.25, -0.2) is 15.0 Å². The number of hydrogen-bond acceptors (Lipinski definition) is 5. The van der Waals surface area contributed by atoms with E-state index in [-0.39, 0.29) is 5.75 Å². The Morgan fingerprint density at radius 3 is 1.48 bits per heavy atom. The van der Waals surface area contributed by atoms with Crippen LogP contribution < -0.4 is 4.74 Å². The Morgan fingerprint density at radius 2 is 1.00 bits per heavy atom. The minimum absolute atomic E-state index is 0.0370. The molecule has 0 spiro atoms. The first-order valence-electron chi connectivity index (χ1n) is 13.8. The van der Waals surface area contributed by atoms with E-state index in [0.29, 0.717) is 35.4 Å². The van der Waals surface area contributed by atoms with Gasteiger partial charge in [0.2, 0.25) is 0 Å². The van der Waals surface area contributed by atoms with Crippen molar-refractivity contribution in [3.63, 3.8) is 0 Å². The van der Waals surface area contributed by atoms with Crippen LogP contribution in [0.2, 0.25) is 0 Å². The van der Waals surface area contributed by atoms with Crippen molar-refractivity contribution < 1.29 is 9.84 Å². The quantitative estimate of drug-likeness (QED) is 0.193. The molecule has 6 rings (SSSR count). The maximum absolute atomic E-state index is 11.0. The predicted octanol–water partition coefficient (Wildman–Crippen LogP) is 8.87. The van der Waals surface area contributed by atoms with Crippen molar-refractivity contribution in [2.45, 2.75) is 6.92 Å². The van der Waals surface area contributed by atoms with Gasteiger partial charge in [-0.2, -0.15) is 0 Å². The Labute approximate surface area is 245 Å². The highest BCUT2D eigenvalue weighted by Gasteiger charge is 2.16. The summed E-state index contributed by atoms with van der Waals surface area (Å²) < 4.78 is 5.70. The lowest BCUT2D eigenvalue weighted by molar-refractivity contribution is 0.359. The molecule has 0 amide bonds. The van der Waals surface area contributed by atoms with Gasteiger partial charge in [-0.1, -0.05) is 121 Å². The van der Waals surface area contributed by atoms with Crippen molar-refractivity contribution in [2.24, 2.45) is 0 Å². The Bertz CT molecular complexity index is 1720. The smallest absolute Gasteiger partial charge is 0.167 e. The summed E-state index contributed by atoms with van der Waals surface area (Å²) in [7, 11) is 0. The van der Waals surface area contributed by atoms with E-state index in [1.165, 1.54) is 0 Å². The van der Waals surface area contributed by atoms with Gasteiger partial charge in [-0.05, 0) is 41.3 Å². The zero-order valence-corrected chi connectivity index (χ0v) is 23.2. The molecule has 0 saturated heterocycles. The Morgan fingerprint density at radius 1 is 0.548 bits per heavy atom. The van der Waals surface area contributed by atoms with Crippen molar-refractivity contribution in [3.05, 3.63) is 140 Å². The molecule has 42 heavy (non-hydrogen) atoms. The molecule has 0 aliphatic heterocycles. The molecule has 204 valence electrons. The first-order valence-corrected chi connectivity index (χ1v) is 13.8. The van der Waals surface area contributed by atoms with Crippen LogP contribution in [-0.2, 0) is 0 Å². The zero-order chi connectivity index (χ0) is 28.7. The van der Waals surface area contributed by atoms with Crippen molar-refractivity contribution in [1.29, 1.82) is 0 Å². The van der Waals surface area contributed by atoms with E-state index in [1.807, 2.05) is 85.8 Å². The van der Waals surface area contributed by atoms with Crippen LogP contribution in [0.15, 0.2) is 140 Å². The summed E-state index contributed by atoms with van der Waals surface area (Å²) in [6, 6.07) is 42.0. The molecule has 1 aromatic heterocycles. The molecule has 0 saturated carbocycles. The third-order valence-electron chi connectivity index (χ3n) is 6.93. The van der Waals surface area contributed by atoms with Gasteiger partial charge in [0.25, 0.3) is 0 Å². The Hall–Kier alpha value is -5.55. The number of rotatable bonds is 8. The molecule has 1 heterocycles. The maximum atomic E-state index is 11.0. The number of benzene rings is 5. The van der Waals surface area contributed by atoms with Crippen LogP contribution in [-0.4, -0.2) is 26.7 Å². The van der Waals surface area contributed by atoms with Crippen LogP contribution in [0.1, 0.15) is 6.92 Å². The van der Waals surface area contributed by atoms with Crippen molar-refractivity contribution >= 4 is 0 Å². The SMILES string of the molecule is CC=CCOc1ccc(-c2nc(-c3ccc(-c4ccccc4)cc3)nc(-c3ccc(-c4ccccc4)cc3)n2)c(O)c1. The lowest BCUT2D eigenvalue weighted by Gasteiger charge is -2.11. The number of nitrogens with zero attached hydrogens (tertiary/aromatic N) is 3. The molecule has 0 bridgehead atoms. The van der Waals surface area contributed by atoms with Crippen LogP contribution in [0.4, 0.5) is 0 Å². The first kappa shape index (κ1) is 26.7. The normalized spacial score (nSPS) is 11.1. The lowest BCUT2D eigenvalue weighted by Crippen LogP contribution is -2.01. The summed E-state index contributed by atoms with van der Waals surface area (Å²) >= 11 is 0. The number of allylic oxidation sites excluding steroid dienone is 1. The van der Waals surface area contributed by atoms with Gasteiger partial charge in [0, 0.05) is 17.2 Å². The van der Waals surface area contributed by atoms with E-state index in [0.717, 1.165) is 33.4 Å². The molecule has 0 fully saturated rings. The van der Waals surface area contributed by atoms with E-state index in [1.54, 1.807) is 12.1 Å². The van der Waals surface area contributed by atoms with Crippen LogP contribution in [0.5, 0.6) is 11.5 Å². The lowest BCUT2D eigenvalue weighted by atomic mass is 10.0. The van der Waals surface area contributed by atoms with Crippen LogP contribution >= 0.6 is 0 Å². The van der Waals surface area contributed by atoms with Gasteiger partial charge in [0.05, 0.1) is 5.56 Å². The maximum Gasteiger partial charge on any atom is 0.167 e. The number of phenolic OH excluding ortho intramolecular Hbond substituents is 1. The number of aromatic hydroxyl groups is 1. The summed E-state index contributed by atoms with van der Waals surface area (Å²) in [6.45, 7) is 2.36. The highest BCUT2D eigenvalue weighted by atomic mass is 16.5. The summed E-state index contributed by atoms with van der Waals surface area (Å²) in [5.74, 6) is 2.03. The average molecular weight is 548 g/mol. The van der Waals surface area contributed by atoms with E-state index in [4.69, 9.17) is 19.7 Å². The molecule has 0 aliphatic rings. The van der Waals surface area contributed by atoms with E-state index >= 15 is 0 Å². The third kappa shape index (κ3) is 5.96. The molecule has 1 N–H and O–H groups in total. The summed E-state index contributed by atoms with van der Waals surface area (Å²) in [6.07, 6.45) is 3.82. The second-order valence-electron chi connectivity index (χ2n) is 9.75. The fourth-order valence-corrected chi connectivity index (χ4v) is 4.67. The van der Waals surface area contributed by atoms with Crippen LogP contribution in [0.3, 0.4) is 0 Å². The molecular weight excluding hydrogens is 518 g/mol. The van der Waals surface area contributed by atoms with E-state index in [2.05, 4.69) is 48.5 Å². The molecule has 0 unspecified atom stereocenters. The van der Waals surface area contributed by atoms with Gasteiger partial charge >= 0.3 is 0 Å². The molecule has 0 radical (unpaired) electrons. The number of aromatic nitrogens is 3. The second kappa shape index (κ2) is 12.3. The van der Waals surface area contributed by atoms with Gasteiger partial charge < -0.3 is 9.84 Å². The zero-order valence-electron chi connectivity index (χ0n) is 23.2. The van der Waals surface area contributed by atoms with Gasteiger partial charge in [-0.3, -0.25) is 0 Å². The number of phenols is 1. The summed E-state index contributed by atoms with van der Waals surface area (Å²) in [5, 5.41) is 11.0. The standard InChI is InChI=1S/C37H29N3O2/c1-2-3-24-42-32-22-23-33(34(41)25-32)37-39-35(30-18-14-28(15-19-30)26-10-6-4-7-11-26)38-36(40-37)31-20-16-29(17-21-31)27-12-8-5-9-13-27/h2-23,25,41H,24H2,1H3. The largest absolute Gasteiger partial charge is 0.507 e. The highest BCUT2D eigenvalue weighted by Crippen LogP contribution is 2.33. The fraction of sp³-hybridized carbons (Fsp3) is 0.0541. The molecule has 0 atom stereocenters. The predicted molar refractivity (Wildman–Crippen MR) is 169 cm³/mol. The van der Waals surface area contributed by atoms with Gasteiger partial charge in [0.15, 0.2) is 17.5 Å².